The number of nitrogens with one attached hydrogen (secondary N) is 1. The molecule has 1 saturated heterocycles. The summed E-state index contributed by atoms with van der Waals surface area (Å²) in [6, 6.07) is 0. The lowest BCUT2D eigenvalue weighted by molar-refractivity contribution is -0.120. The number of carbonyl (C=O) groups is 1. The fraction of sp³-hybridized carbons (Fsp3) is 0.933. The normalized spacial score (nSPS) is 17.9. The molecular formula is C15H39N3O3. The van der Waals surface area contributed by atoms with Crippen molar-refractivity contribution in [3.63, 3.8) is 0 Å². The minimum Gasteiger partial charge on any atom is -0.379 e. The average molecular weight is 309 g/mol. The second-order valence-corrected chi connectivity index (χ2v) is 4.13. The van der Waals surface area contributed by atoms with Gasteiger partial charge in [-0.1, -0.05) is 27.7 Å². The molecule has 0 radical (unpaired) electrons. The van der Waals surface area contributed by atoms with Crippen LogP contribution in [0.15, 0.2) is 0 Å². The molecule has 1 atom stereocenters. The molecule has 6 heteroatoms. The van der Waals surface area contributed by atoms with E-state index in [0.29, 0.717) is 32.9 Å². The van der Waals surface area contributed by atoms with Crippen molar-refractivity contribution in [3.8, 4) is 0 Å². The van der Waals surface area contributed by atoms with Crippen LogP contribution in [0.3, 0.4) is 0 Å². The van der Waals surface area contributed by atoms with Gasteiger partial charge in [0, 0.05) is 42.5 Å². The number of amides is 1. The summed E-state index contributed by atoms with van der Waals surface area (Å²) in [7, 11) is 0. The minimum absolute atomic E-state index is 0. The summed E-state index contributed by atoms with van der Waals surface area (Å²) in [5.41, 5.74) is 5.34. The zero-order valence-electron chi connectivity index (χ0n) is 14.5. The van der Waals surface area contributed by atoms with Crippen LogP contribution < -0.4 is 11.1 Å². The Morgan fingerprint density at radius 2 is 2.05 bits per heavy atom. The number of nitrogens with two attached hydrogens (primary N) is 1. The van der Waals surface area contributed by atoms with Crippen LogP contribution in [0.2, 0.25) is 0 Å². The first kappa shape index (κ1) is 22.6. The Labute approximate surface area is 133 Å². The number of carbonyl (C=O) groups excluding carboxylic acids is 1. The van der Waals surface area contributed by atoms with Gasteiger partial charge in [-0.25, -0.2) is 0 Å². The predicted molar refractivity (Wildman–Crippen MR) is 91.7 cm³/mol. The van der Waals surface area contributed by atoms with E-state index in [-0.39, 0.29) is 14.9 Å². The van der Waals surface area contributed by atoms with Crippen LogP contribution in [0.5, 0.6) is 0 Å². The van der Waals surface area contributed by atoms with Gasteiger partial charge in [-0.05, 0) is 0 Å². The van der Waals surface area contributed by atoms with Gasteiger partial charge in [0.2, 0.25) is 5.91 Å². The SMILES string of the molecule is CC.CC.CC(=O)NCC1CN(CCOCCN)CCO1.[HH].[HH]. The molecule has 6 nitrogen and oxygen atoms in total. The molecule has 1 amide bonds. The Balaban J connectivity index is -0.000000278. The van der Waals surface area contributed by atoms with E-state index in [2.05, 4.69) is 10.2 Å². The molecule has 0 spiro atoms. The average Bonchev–Trinajstić information content (AvgIpc) is 2.54. The van der Waals surface area contributed by atoms with Crippen molar-refractivity contribution in [1.29, 1.82) is 0 Å². The van der Waals surface area contributed by atoms with Crippen LogP contribution in [0.1, 0.15) is 37.5 Å². The van der Waals surface area contributed by atoms with Gasteiger partial charge in [0.25, 0.3) is 0 Å². The molecule has 0 saturated carbocycles. The van der Waals surface area contributed by atoms with E-state index < -0.39 is 0 Å². The summed E-state index contributed by atoms with van der Waals surface area (Å²) < 4.78 is 10.9. The molecule has 0 aromatic heterocycles. The number of ether oxygens (including phenoxy) is 2. The molecule has 1 heterocycles. The highest BCUT2D eigenvalue weighted by atomic mass is 16.5. The van der Waals surface area contributed by atoms with E-state index in [1.807, 2.05) is 27.7 Å². The minimum atomic E-state index is -0.0167. The van der Waals surface area contributed by atoms with E-state index in [1.54, 1.807) is 0 Å². The fourth-order valence-corrected chi connectivity index (χ4v) is 1.74. The molecule has 132 valence electrons. The van der Waals surface area contributed by atoms with E-state index in [9.17, 15) is 4.79 Å². The van der Waals surface area contributed by atoms with Crippen molar-refractivity contribution >= 4 is 5.91 Å². The Bertz CT molecular complexity index is 238. The lowest BCUT2D eigenvalue weighted by atomic mass is 10.2. The maximum Gasteiger partial charge on any atom is 0.216 e. The third-order valence-corrected chi connectivity index (χ3v) is 2.62. The summed E-state index contributed by atoms with van der Waals surface area (Å²) in [6.07, 6.45) is 0.0853. The Kier molecular flexibility index (Phi) is 18.7. The van der Waals surface area contributed by atoms with Gasteiger partial charge >= 0.3 is 0 Å². The monoisotopic (exact) mass is 309 g/mol. The van der Waals surface area contributed by atoms with Crippen LogP contribution in [0.25, 0.3) is 0 Å². The molecule has 21 heavy (non-hydrogen) atoms. The Morgan fingerprint density at radius 3 is 2.62 bits per heavy atom. The molecule has 1 aliphatic heterocycles. The molecule has 1 unspecified atom stereocenters. The van der Waals surface area contributed by atoms with E-state index >= 15 is 0 Å². The first-order chi connectivity index (χ1) is 10.2. The topological polar surface area (TPSA) is 76.8 Å². The molecule has 0 aromatic carbocycles. The summed E-state index contributed by atoms with van der Waals surface area (Å²) in [5.74, 6) is -0.0167. The summed E-state index contributed by atoms with van der Waals surface area (Å²) in [5, 5.41) is 2.77. The molecule has 3 N–H and O–H groups in total. The maximum atomic E-state index is 10.8. The second kappa shape index (κ2) is 17.4. The van der Waals surface area contributed by atoms with E-state index in [0.717, 1.165) is 19.6 Å². The molecule has 0 aliphatic carbocycles. The summed E-state index contributed by atoms with van der Waals surface area (Å²) in [4.78, 5) is 13.1. The third-order valence-electron chi connectivity index (χ3n) is 2.62. The van der Waals surface area contributed by atoms with Crippen LogP contribution >= 0.6 is 0 Å². The second-order valence-electron chi connectivity index (χ2n) is 4.13. The number of hydrogen-bond acceptors (Lipinski definition) is 5. The standard InChI is InChI=1S/C11H23N3O3.2C2H6.2H2/c1-10(15)13-8-11-9-14(4-7-17-11)3-6-16-5-2-12;2*1-2;;/h11H,2-9,12H2,1H3,(H,13,15);2*1-2H3;2*1H. The van der Waals surface area contributed by atoms with E-state index in [1.165, 1.54) is 6.92 Å². The highest BCUT2D eigenvalue weighted by Gasteiger charge is 2.19. The fourth-order valence-electron chi connectivity index (χ4n) is 1.74. The lowest BCUT2D eigenvalue weighted by Gasteiger charge is -2.32. The summed E-state index contributed by atoms with van der Waals surface area (Å²) >= 11 is 0. The van der Waals surface area contributed by atoms with Crippen molar-refractivity contribution in [2.24, 2.45) is 5.73 Å². The van der Waals surface area contributed by atoms with Gasteiger partial charge in [0.05, 0.1) is 25.9 Å². The third kappa shape index (κ3) is 14.0. The van der Waals surface area contributed by atoms with Gasteiger partial charge in [-0.3, -0.25) is 9.69 Å². The molecule has 0 bridgehead atoms. The van der Waals surface area contributed by atoms with Gasteiger partial charge < -0.3 is 20.5 Å². The number of nitrogens with zero attached hydrogens (tertiary/aromatic N) is 1. The van der Waals surface area contributed by atoms with Crippen molar-refractivity contribution in [2.45, 2.75) is 40.7 Å². The Hall–Kier alpha value is -0.690. The van der Waals surface area contributed by atoms with E-state index in [4.69, 9.17) is 15.2 Å². The molecule has 0 aromatic rings. The van der Waals surface area contributed by atoms with Crippen molar-refractivity contribution in [2.75, 3.05) is 52.5 Å². The molecule has 1 rings (SSSR count). The molecule has 1 fully saturated rings. The van der Waals surface area contributed by atoms with Crippen LogP contribution in [-0.4, -0.2) is 69.5 Å². The van der Waals surface area contributed by atoms with Crippen molar-refractivity contribution < 1.29 is 17.1 Å². The zero-order chi connectivity index (χ0) is 16.5. The van der Waals surface area contributed by atoms with Crippen molar-refractivity contribution in [1.82, 2.24) is 10.2 Å². The predicted octanol–water partition coefficient (Wildman–Crippen LogP) is 1.34. The first-order valence-corrected chi connectivity index (χ1v) is 8.08. The smallest absolute Gasteiger partial charge is 0.216 e. The maximum absolute atomic E-state index is 10.8. The summed E-state index contributed by atoms with van der Waals surface area (Å²) in [6.45, 7) is 15.3. The zero-order valence-corrected chi connectivity index (χ0v) is 14.5. The molecular weight excluding hydrogens is 270 g/mol. The van der Waals surface area contributed by atoms with Crippen LogP contribution in [-0.2, 0) is 14.3 Å². The Morgan fingerprint density at radius 1 is 1.38 bits per heavy atom. The van der Waals surface area contributed by atoms with Gasteiger partial charge in [-0.2, -0.15) is 0 Å². The molecule has 1 aliphatic rings. The highest BCUT2D eigenvalue weighted by Crippen LogP contribution is 2.04. The van der Waals surface area contributed by atoms with Gasteiger partial charge in [0.1, 0.15) is 0 Å². The highest BCUT2D eigenvalue weighted by molar-refractivity contribution is 5.72. The lowest BCUT2D eigenvalue weighted by Crippen LogP contribution is -2.48. The number of hydrogen-bond donors (Lipinski definition) is 2. The van der Waals surface area contributed by atoms with Crippen LogP contribution in [0.4, 0.5) is 0 Å². The number of rotatable bonds is 7. The number of morpholine rings is 1. The van der Waals surface area contributed by atoms with Gasteiger partial charge in [0.15, 0.2) is 0 Å². The van der Waals surface area contributed by atoms with Crippen molar-refractivity contribution in [3.05, 3.63) is 0 Å². The van der Waals surface area contributed by atoms with Gasteiger partial charge in [-0.15, -0.1) is 0 Å². The van der Waals surface area contributed by atoms with Crippen LogP contribution in [0, 0.1) is 0 Å². The quantitative estimate of drug-likeness (QED) is 0.694. The first-order valence-electron chi connectivity index (χ1n) is 8.08. The largest absolute Gasteiger partial charge is 0.379 e.